The molecule has 1 aliphatic heterocycles. The van der Waals surface area contributed by atoms with Gasteiger partial charge in [-0.05, 0) is 25.0 Å². The van der Waals surface area contributed by atoms with Crippen molar-refractivity contribution in [3.05, 3.63) is 29.8 Å². The fraction of sp³-hybridized carbons (Fsp3) is 0.600. The summed E-state index contributed by atoms with van der Waals surface area (Å²) in [5.74, 6) is 0.972. The molecule has 0 aromatic heterocycles. The summed E-state index contributed by atoms with van der Waals surface area (Å²) in [6.45, 7) is 7.04. The first-order valence-electron chi connectivity index (χ1n) is 7.01. The maximum absolute atomic E-state index is 5.87. The standard InChI is InChI=1S/C15H24N2O2/c1-13-4-2-3-5-15(13)19-9-6-14(12-16)17-7-10-18-11-8-17/h2-5,14H,6-12,16H2,1H3. The molecular weight excluding hydrogens is 240 g/mol. The molecule has 1 heterocycles. The summed E-state index contributed by atoms with van der Waals surface area (Å²) < 4.78 is 11.2. The van der Waals surface area contributed by atoms with Gasteiger partial charge in [0.05, 0.1) is 19.8 Å². The first kappa shape index (κ1) is 14.3. The number of nitrogens with two attached hydrogens (primary N) is 1. The molecule has 106 valence electrons. The van der Waals surface area contributed by atoms with Crippen molar-refractivity contribution >= 4 is 0 Å². The Bertz CT molecular complexity index is 378. The van der Waals surface area contributed by atoms with Crippen LogP contribution < -0.4 is 10.5 Å². The van der Waals surface area contributed by atoms with Crippen molar-refractivity contribution in [1.29, 1.82) is 0 Å². The summed E-state index contributed by atoms with van der Waals surface area (Å²) in [6, 6.07) is 8.51. The minimum atomic E-state index is 0.396. The minimum absolute atomic E-state index is 0.396. The van der Waals surface area contributed by atoms with Gasteiger partial charge in [0, 0.05) is 25.7 Å². The second-order valence-electron chi connectivity index (χ2n) is 4.94. The Morgan fingerprint density at radius 3 is 2.74 bits per heavy atom. The van der Waals surface area contributed by atoms with Crippen molar-refractivity contribution in [3.8, 4) is 5.75 Å². The van der Waals surface area contributed by atoms with E-state index in [4.69, 9.17) is 15.2 Å². The molecule has 19 heavy (non-hydrogen) atoms. The molecule has 1 aromatic carbocycles. The highest BCUT2D eigenvalue weighted by Crippen LogP contribution is 2.17. The van der Waals surface area contributed by atoms with Gasteiger partial charge in [0.1, 0.15) is 5.75 Å². The third kappa shape index (κ3) is 4.20. The molecule has 0 radical (unpaired) electrons. The van der Waals surface area contributed by atoms with Crippen LogP contribution in [-0.2, 0) is 4.74 Å². The van der Waals surface area contributed by atoms with E-state index in [9.17, 15) is 0 Å². The Hall–Kier alpha value is -1.10. The number of hydrogen-bond donors (Lipinski definition) is 1. The quantitative estimate of drug-likeness (QED) is 0.844. The number of rotatable bonds is 6. The Labute approximate surface area is 115 Å². The fourth-order valence-electron chi connectivity index (χ4n) is 2.42. The van der Waals surface area contributed by atoms with Gasteiger partial charge in [-0.1, -0.05) is 18.2 Å². The second-order valence-corrected chi connectivity index (χ2v) is 4.94. The number of nitrogens with zero attached hydrogens (tertiary/aromatic N) is 1. The van der Waals surface area contributed by atoms with Crippen molar-refractivity contribution in [2.45, 2.75) is 19.4 Å². The molecular formula is C15H24N2O2. The summed E-state index contributed by atoms with van der Waals surface area (Å²) in [4.78, 5) is 2.41. The van der Waals surface area contributed by atoms with Crippen LogP contribution in [0.2, 0.25) is 0 Å². The Balaban J connectivity index is 1.78. The zero-order valence-corrected chi connectivity index (χ0v) is 11.7. The molecule has 2 rings (SSSR count). The number of ether oxygens (including phenoxy) is 2. The molecule has 0 bridgehead atoms. The summed E-state index contributed by atoms with van der Waals surface area (Å²) in [7, 11) is 0. The van der Waals surface area contributed by atoms with Crippen LogP contribution in [0.3, 0.4) is 0 Å². The Morgan fingerprint density at radius 2 is 2.05 bits per heavy atom. The van der Waals surface area contributed by atoms with E-state index in [1.807, 2.05) is 18.2 Å². The third-order valence-corrected chi connectivity index (χ3v) is 3.64. The van der Waals surface area contributed by atoms with Crippen LogP contribution in [0.4, 0.5) is 0 Å². The second kappa shape index (κ2) is 7.48. The van der Waals surface area contributed by atoms with Crippen LogP contribution >= 0.6 is 0 Å². The first-order valence-corrected chi connectivity index (χ1v) is 7.01. The molecule has 0 aliphatic carbocycles. The van der Waals surface area contributed by atoms with E-state index in [0.29, 0.717) is 19.2 Å². The van der Waals surface area contributed by atoms with Crippen LogP contribution in [0.15, 0.2) is 24.3 Å². The molecule has 0 saturated carbocycles. The highest BCUT2D eigenvalue weighted by atomic mass is 16.5. The summed E-state index contributed by atoms with van der Waals surface area (Å²) in [5, 5.41) is 0. The van der Waals surface area contributed by atoms with E-state index in [0.717, 1.165) is 38.5 Å². The van der Waals surface area contributed by atoms with E-state index >= 15 is 0 Å². The van der Waals surface area contributed by atoms with Crippen molar-refractivity contribution in [1.82, 2.24) is 4.90 Å². The zero-order valence-electron chi connectivity index (χ0n) is 11.7. The minimum Gasteiger partial charge on any atom is -0.493 e. The maximum atomic E-state index is 5.87. The van der Waals surface area contributed by atoms with Gasteiger partial charge < -0.3 is 15.2 Å². The number of para-hydroxylation sites is 1. The lowest BCUT2D eigenvalue weighted by Gasteiger charge is -2.33. The molecule has 1 saturated heterocycles. The van der Waals surface area contributed by atoms with Crippen LogP contribution in [0.5, 0.6) is 5.75 Å². The predicted octanol–water partition coefficient (Wildman–Crippen LogP) is 1.42. The van der Waals surface area contributed by atoms with Gasteiger partial charge in [0.15, 0.2) is 0 Å². The van der Waals surface area contributed by atoms with Gasteiger partial charge >= 0.3 is 0 Å². The lowest BCUT2D eigenvalue weighted by Crippen LogP contribution is -2.47. The first-order chi connectivity index (χ1) is 9.31. The van der Waals surface area contributed by atoms with E-state index in [-0.39, 0.29) is 0 Å². The molecule has 4 heteroatoms. The lowest BCUT2D eigenvalue weighted by atomic mass is 10.1. The van der Waals surface area contributed by atoms with Gasteiger partial charge in [-0.2, -0.15) is 0 Å². The van der Waals surface area contributed by atoms with Crippen molar-refractivity contribution in [2.75, 3.05) is 39.5 Å². The van der Waals surface area contributed by atoms with Crippen molar-refractivity contribution in [2.24, 2.45) is 5.73 Å². The van der Waals surface area contributed by atoms with Crippen LogP contribution in [0.25, 0.3) is 0 Å². The zero-order chi connectivity index (χ0) is 13.5. The van der Waals surface area contributed by atoms with Gasteiger partial charge in [0.2, 0.25) is 0 Å². The molecule has 4 nitrogen and oxygen atoms in total. The largest absolute Gasteiger partial charge is 0.493 e. The van der Waals surface area contributed by atoms with Gasteiger partial charge in [0.25, 0.3) is 0 Å². The lowest BCUT2D eigenvalue weighted by molar-refractivity contribution is 0.0140. The van der Waals surface area contributed by atoms with E-state index in [1.54, 1.807) is 0 Å². The molecule has 0 spiro atoms. The van der Waals surface area contributed by atoms with Crippen LogP contribution in [0, 0.1) is 6.92 Å². The van der Waals surface area contributed by atoms with Gasteiger partial charge in [-0.15, -0.1) is 0 Å². The SMILES string of the molecule is Cc1ccccc1OCCC(CN)N1CCOCC1. The summed E-state index contributed by atoms with van der Waals surface area (Å²) in [5.41, 5.74) is 7.05. The smallest absolute Gasteiger partial charge is 0.122 e. The van der Waals surface area contributed by atoms with E-state index < -0.39 is 0 Å². The molecule has 1 aliphatic rings. The summed E-state index contributed by atoms with van der Waals surface area (Å²) >= 11 is 0. The molecule has 1 aromatic rings. The molecule has 1 atom stereocenters. The topological polar surface area (TPSA) is 47.7 Å². The molecule has 1 unspecified atom stereocenters. The Kier molecular flexibility index (Phi) is 5.63. The molecule has 1 fully saturated rings. The maximum Gasteiger partial charge on any atom is 0.122 e. The van der Waals surface area contributed by atoms with E-state index in [2.05, 4.69) is 17.9 Å². The highest BCUT2D eigenvalue weighted by Gasteiger charge is 2.19. The van der Waals surface area contributed by atoms with Gasteiger partial charge in [-0.25, -0.2) is 0 Å². The third-order valence-electron chi connectivity index (χ3n) is 3.64. The predicted molar refractivity (Wildman–Crippen MR) is 76.5 cm³/mol. The van der Waals surface area contributed by atoms with Crippen LogP contribution in [0.1, 0.15) is 12.0 Å². The molecule has 2 N–H and O–H groups in total. The monoisotopic (exact) mass is 264 g/mol. The fourth-order valence-corrected chi connectivity index (χ4v) is 2.42. The number of aryl methyl sites for hydroxylation is 1. The number of benzene rings is 1. The normalized spacial score (nSPS) is 18.2. The number of hydrogen-bond acceptors (Lipinski definition) is 4. The average Bonchev–Trinajstić information content (AvgIpc) is 2.46. The summed E-state index contributed by atoms with van der Waals surface area (Å²) in [6.07, 6.45) is 0.963. The average molecular weight is 264 g/mol. The highest BCUT2D eigenvalue weighted by molar-refractivity contribution is 5.31. The van der Waals surface area contributed by atoms with Crippen molar-refractivity contribution in [3.63, 3.8) is 0 Å². The van der Waals surface area contributed by atoms with Gasteiger partial charge in [-0.3, -0.25) is 4.90 Å². The van der Waals surface area contributed by atoms with Crippen LogP contribution in [-0.4, -0.2) is 50.4 Å². The van der Waals surface area contributed by atoms with E-state index in [1.165, 1.54) is 5.56 Å². The van der Waals surface area contributed by atoms with Crippen molar-refractivity contribution < 1.29 is 9.47 Å². The Morgan fingerprint density at radius 1 is 1.32 bits per heavy atom. The number of morpholine rings is 1. The molecule has 0 amide bonds.